The molecule has 1 atom stereocenters. The molecule has 0 saturated carbocycles. The predicted octanol–water partition coefficient (Wildman–Crippen LogP) is 1.42. The van der Waals surface area contributed by atoms with Gasteiger partial charge in [0.2, 0.25) is 5.91 Å². The quantitative estimate of drug-likeness (QED) is 0.500. The monoisotopic (exact) mass is 223 g/mol. The molecule has 0 bridgehead atoms. The van der Waals surface area contributed by atoms with Crippen molar-refractivity contribution < 1.29 is 14.7 Å². The van der Waals surface area contributed by atoms with Crippen LogP contribution in [-0.2, 0) is 9.59 Å². The lowest BCUT2D eigenvalue weighted by atomic mass is 10.2. The lowest BCUT2D eigenvalue weighted by Crippen LogP contribution is -2.34. The SMILES string of the molecule is CC.CC.CNC(=O)C(CS)C(=O)O. The Bertz CT molecular complexity index is 151. The van der Waals surface area contributed by atoms with Crippen LogP contribution in [0.4, 0.5) is 0 Å². The van der Waals surface area contributed by atoms with Gasteiger partial charge >= 0.3 is 5.97 Å². The zero-order chi connectivity index (χ0) is 12.1. The maximum absolute atomic E-state index is 10.6. The zero-order valence-corrected chi connectivity index (χ0v) is 10.4. The number of nitrogens with one attached hydrogen (secondary N) is 1. The summed E-state index contributed by atoms with van der Waals surface area (Å²) in [5, 5.41) is 10.6. The van der Waals surface area contributed by atoms with E-state index in [9.17, 15) is 9.59 Å². The van der Waals surface area contributed by atoms with Crippen LogP contribution in [0, 0.1) is 5.92 Å². The number of hydrogen-bond donors (Lipinski definition) is 3. The average Bonchev–Trinajstić information content (AvgIpc) is 2.24. The van der Waals surface area contributed by atoms with E-state index in [1.807, 2.05) is 27.7 Å². The number of amides is 1. The van der Waals surface area contributed by atoms with E-state index in [0.717, 1.165) is 0 Å². The van der Waals surface area contributed by atoms with Crippen molar-refractivity contribution in [3.8, 4) is 0 Å². The number of rotatable bonds is 3. The van der Waals surface area contributed by atoms with Crippen LogP contribution in [0.15, 0.2) is 0 Å². The molecule has 0 rings (SSSR count). The topological polar surface area (TPSA) is 66.4 Å². The Kier molecular flexibility index (Phi) is 20.0. The molecular formula is C9H21NO3S. The molecular weight excluding hydrogens is 202 g/mol. The minimum atomic E-state index is -1.14. The smallest absolute Gasteiger partial charge is 0.316 e. The lowest BCUT2D eigenvalue weighted by Gasteiger charge is -2.05. The standard InChI is InChI=1S/C5H9NO3S.2C2H6/c1-6-4(7)3(2-10)5(8)9;2*1-2/h3,10H,2H2,1H3,(H,6,7)(H,8,9);2*1-2H3. The average molecular weight is 223 g/mol. The van der Waals surface area contributed by atoms with Crippen molar-refractivity contribution in [2.24, 2.45) is 5.92 Å². The fourth-order valence-electron chi connectivity index (χ4n) is 0.447. The summed E-state index contributed by atoms with van der Waals surface area (Å²) in [6.45, 7) is 8.00. The molecule has 1 amide bonds. The van der Waals surface area contributed by atoms with Gasteiger partial charge in [0, 0.05) is 12.8 Å². The van der Waals surface area contributed by atoms with Crippen LogP contribution in [-0.4, -0.2) is 29.8 Å². The molecule has 0 heterocycles. The third kappa shape index (κ3) is 9.38. The molecule has 86 valence electrons. The highest BCUT2D eigenvalue weighted by Crippen LogP contribution is 1.98. The van der Waals surface area contributed by atoms with E-state index >= 15 is 0 Å². The van der Waals surface area contributed by atoms with Crippen molar-refractivity contribution in [3.63, 3.8) is 0 Å². The minimum absolute atomic E-state index is 0.0228. The maximum atomic E-state index is 10.6. The third-order valence-corrected chi connectivity index (χ3v) is 1.41. The molecule has 0 aromatic rings. The number of thiol groups is 1. The van der Waals surface area contributed by atoms with Crippen LogP contribution in [0.25, 0.3) is 0 Å². The molecule has 1 unspecified atom stereocenters. The Morgan fingerprint density at radius 3 is 1.71 bits per heavy atom. The van der Waals surface area contributed by atoms with Crippen LogP contribution >= 0.6 is 12.6 Å². The number of carboxylic acid groups (broad SMARTS) is 1. The second-order valence-corrected chi connectivity index (χ2v) is 2.05. The first-order valence-electron chi connectivity index (χ1n) is 4.68. The molecule has 0 radical (unpaired) electrons. The first-order chi connectivity index (χ1) is 6.63. The second-order valence-electron chi connectivity index (χ2n) is 1.69. The highest BCUT2D eigenvalue weighted by atomic mass is 32.1. The van der Waals surface area contributed by atoms with Gasteiger partial charge in [-0.1, -0.05) is 27.7 Å². The predicted molar refractivity (Wildman–Crippen MR) is 61.7 cm³/mol. The zero-order valence-electron chi connectivity index (χ0n) is 9.50. The maximum Gasteiger partial charge on any atom is 0.316 e. The van der Waals surface area contributed by atoms with E-state index in [0.29, 0.717) is 0 Å². The molecule has 5 heteroatoms. The van der Waals surface area contributed by atoms with Crippen LogP contribution in [0.2, 0.25) is 0 Å². The summed E-state index contributed by atoms with van der Waals surface area (Å²) in [5.41, 5.74) is 0. The number of carbonyl (C=O) groups excluding carboxylic acids is 1. The summed E-state index contributed by atoms with van der Waals surface area (Å²) >= 11 is 3.71. The van der Waals surface area contributed by atoms with E-state index < -0.39 is 17.8 Å². The Labute approximate surface area is 91.5 Å². The van der Waals surface area contributed by atoms with Gasteiger partial charge in [0.1, 0.15) is 5.92 Å². The molecule has 0 aliphatic carbocycles. The fraction of sp³-hybridized carbons (Fsp3) is 0.778. The number of carbonyl (C=O) groups is 2. The molecule has 0 aliphatic rings. The molecule has 0 aromatic heterocycles. The van der Waals surface area contributed by atoms with Crippen molar-refractivity contribution >= 4 is 24.5 Å². The van der Waals surface area contributed by atoms with E-state index in [1.165, 1.54) is 7.05 Å². The summed E-state index contributed by atoms with van der Waals surface area (Å²) in [7, 11) is 1.39. The van der Waals surface area contributed by atoms with Gasteiger partial charge in [0.05, 0.1) is 0 Å². The van der Waals surface area contributed by atoms with E-state index in [2.05, 4.69) is 17.9 Å². The Balaban J connectivity index is -0.000000266. The fourth-order valence-corrected chi connectivity index (χ4v) is 0.769. The lowest BCUT2D eigenvalue weighted by molar-refractivity contribution is -0.145. The van der Waals surface area contributed by atoms with Gasteiger partial charge in [0.25, 0.3) is 0 Å². The number of hydrogen-bond acceptors (Lipinski definition) is 3. The van der Waals surface area contributed by atoms with Gasteiger partial charge in [0.15, 0.2) is 0 Å². The van der Waals surface area contributed by atoms with Gasteiger partial charge in [-0.05, 0) is 0 Å². The molecule has 0 fully saturated rings. The minimum Gasteiger partial charge on any atom is -0.481 e. The second kappa shape index (κ2) is 14.8. The van der Waals surface area contributed by atoms with Crippen molar-refractivity contribution in [2.45, 2.75) is 27.7 Å². The van der Waals surface area contributed by atoms with Gasteiger partial charge in [-0.2, -0.15) is 12.6 Å². The van der Waals surface area contributed by atoms with E-state index in [4.69, 9.17) is 5.11 Å². The highest BCUT2D eigenvalue weighted by molar-refractivity contribution is 7.80. The molecule has 0 saturated heterocycles. The summed E-state index contributed by atoms with van der Waals surface area (Å²) in [4.78, 5) is 20.9. The van der Waals surface area contributed by atoms with Crippen LogP contribution in [0.1, 0.15) is 27.7 Å². The summed E-state index contributed by atoms with van der Waals surface area (Å²) < 4.78 is 0. The normalized spacial score (nSPS) is 9.57. The van der Waals surface area contributed by atoms with Gasteiger partial charge in [-0.3, -0.25) is 9.59 Å². The Hall–Kier alpha value is -0.710. The molecule has 0 aliphatic heterocycles. The first kappa shape index (κ1) is 19.0. The van der Waals surface area contributed by atoms with Gasteiger partial charge < -0.3 is 10.4 Å². The van der Waals surface area contributed by atoms with Crippen molar-refractivity contribution in [2.75, 3.05) is 12.8 Å². The van der Waals surface area contributed by atoms with E-state index in [-0.39, 0.29) is 5.75 Å². The molecule has 2 N–H and O–H groups in total. The molecule has 0 spiro atoms. The number of aliphatic carboxylic acids is 1. The van der Waals surface area contributed by atoms with Gasteiger partial charge in [-0.15, -0.1) is 0 Å². The molecule has 0 aromatic carbocycles. The Morgan fingerprint density at radius 2 is 1.64 bits per heavy atom. The van der Waals surface area contributed by atoms with Crippen LogP contribution in [0.3, 0.4) is 0 Å². The number of carboxylic acids is 1. The first-order valence-corrected chi connectivity index (χ1v) is 5.32. The summed E-state index contributed by atoms with van der Waals surface area (Å²) in [6, 6.07) is 0. The van der Waals surface area contributed by atoms with Gasteiger partial charge in [-0.25, -0.2) is 0 Å². The van der Waals surface area contributed by atoms with Crippen LogP contribution < -0.4 is 5.32 Å². The molecule has 4 nitrogen and oxygen atoms in total. The molecule has 14 heavy (non-hydrogen) atoms. The highest BCUT2D eigenvalue weighted by Gasteiger charge is 2.22. The Morgan fingerprint density at radius 1 is 1.29 bits per heavy atom. The summed E-state index contributed by atoms with van der Waals surface area (Å²) in [5.74, 6) is -2.67. The van der Waals surface area contributed by atoms with Crippen molar-refractivity contribution in [1.82, 2.24) is 5.32 Å². The third-order valence-electron chi connectivity index (χ3n) is 1.04. The largest absolute Gasteiger partial charge is 0.481 e. The summed E-state index contributed by atoms with van der Waals surface area (Å²) in [6.07, 6.45) is 0. The van der Waals surface area contributed by atoms with Crippen molar-refractivity contribution in [3.05, 3.63) is 0 Å². The van der Waals surface area contributed by atoms with E-state index in [1.54, 1.807) is 0 Å². The van der Waals surface area contributed by atoms with Crippen molar-refractivity contribution in [1.29, 1.82) is 0 Å². The van der Waals surface area contributed by atoms with Crippen LogP contribution in [0.5, 0.6) is 0 Å².